The molecule has 0 spiro atoms. The zero-order chi connectivity index (χ0) is 43.7. The minimum atomic E-state index is -1.21. The molecule has 4 aromatic rings. The Labute approximate surface area is 362 Å². The molecule has 0 saturated carbocycles. The number of ether oxygens (including phenoxy) is 3. The Morgan fingerprint density at radius 2 is 1.95 bits per heavy atom. The summed E-state index contributed by atoms with van der Waals surface area (Å²) in [6, 6.07) is 7.81. The number of amides is 4. The van der Waals surface area contributed by atoms with E-state index in [2.05, 4.69) is 60.3 Å². The first-order valence-electron chi connectivity index (χ1n) is 21.4. The molecular weight excluding hydrogens is 797 g/mol. The molecule has 2 saturated heterocycles. The van der Waals surface area contributed by atoms with E-state index in [1.165, 1.54) is 21.2 Å². The van der Waals surface area contributed by atoms with Gasteiger partial charge in [0.25, 0.3) is 5.91 Å². The van der Waals surface area contributed by atoms with Crippen molar-refractivity contribution in [2.45, 2.75) is 110 Å². The Balaban J connectivity index is 1.29. The van der Waals surface area contributed by atoms with E-state index in [9.17, 15) is 19.5 Å². The van der Waals surface area contributed by atoms with Gasteiger partial charge < -0.3 is 39.0 Å². The first kappa shape index (κ1) is 44.6. The van der Waals surface area contributed by atoms with Crippen LogP contribution in [0.3, 0.4) is 0 Å². The summed E-state index contributed by atoms with van der Waals surface area (Å²) in [7, 11) is 4.94. The molecule has 0 unspecified atom stereocenters. The van der Waals surface area contributed by atoms with Crippen LogP contribution in [-0.2, 0) is 43.2 Å². The Kier molecular flexibility index (Phi) is 13.5. The number of hydrazine groups is 1. The molecule has 3 aromatic heterocycles. The van der Waals surface area contributed by atoms with Crippen molar-refractivity contribution in [1.82, 2.24) is 40.1 Å². The van der Waals surface area contributed by atoms with Gasteiger partial charge >= 0.3 is 6.03 Å². The molecule has 3 aliphatic rings. The molecule has 61 heavy (non-hydrogen) atoms. The Hall–Kier alpha value is -4.45. The standard InChI is InChI=1S/C45H62N8O7S/c1-10-52-36-16-15-28-19-31(36)32(40(52)30-13-11-17-46-38(30)27(4)58-8)21-45(5,6)25-60-43(56)33-14-12-18-53(49-33)42(55)34(20-37-47-35(28)24-61-37)48-41(54)39(26(2)3)50(7)44(57)51-22-29(23-51)59-9/h11,13,15-17,19,24,26-27,29,33-34,39,43,49,56H,10,12,14,18,20-23,25H2,1-9H3,(H,48,54)/t27-,33-,34-,39-,43+/m0/s1. The number of hydrogen-bond donors (Lipinski definition) is 3. The van der Waals surface area contributed by atoms with Crippen molar-refractivity contribution in [3.05, 3.63) is 58.2 Å². The van der Waals surface area contributed by atoms with Crippen LogP contribution >= 0.6 is 11.3 Å². The highest BCUT2D eigenvalue weighted by atomic mass is 32.1. The lowest BCUT2D eigenvalue weighted by Crippen LogP contribution is -2.64. The molecule has 0 aliphatic carbocycles. The number of aromatic nitrogens is 3. The van der Waals surface area contributed by atoms with Gasteiger partial charge in [-0.1, -0.05) is 33.8 Å². The van der Waals surface area contributed by atoms with Crippen molar-refractivity contribution < 1.29 is 33.7 Å². The lowest BCUT2D eigenvalue weighted by atomic mass is 9.84. The minimum absolute atomic E-state index is 0.0307. The number of urea groups is 1. The monoisotopic (exact) mass is 858 g/mol. The van der Waals surface area contributed by atoms with Crippen LogP contribution in [0, 0.1) is 11.3 Å². The maximum atomic E-state index is 14.5. The minimum Gasteiger partial charge on any atom is -0.378 e. The highest BCUT2D eigenvalue weighted by Gasteiger charge is 2.40. The number of aliphatic hydroxyl groups excluding tert-OH is 1. The van der Waals surface area contributed by atoms with Crippen molar-refractivity contribution in [3.63, 3.8) is 0 Å². The molecule has 15 nitrogen and oxygen atoms in total. The third-order valence-corrected chi connectivity index (χ3v) is 13.2. The molecular formula is C45H62N8O7S. The van der Waals surface area contributed by atoms with Gasteiger partial charge in [0.2, 0.25) is 5.91 Å². The number of hydrogen-bond acceptors (Lipinski definition) is 11. The molecule has 4 amide bonds. The molecule has 7 rings (SSSR count). The van der Waals surface area contributed by atoms with E-state index in [0.717, 1.165) is 51.2 Å². The van der Waals surface area contributed by atoms with Crippen molar-refractivity contribution in [2.75, 3.05) is 47.5 Å². The van der Waals surface area contributed by atoms with Gasteiger partial charge in [0.1, 0.15) is 12.1 Å². The van der Waals surface area contributed by atoms with Gasteiger partial charge in [0, 0.05) is 74.4 Å². The Morgan fingerprint density at radius 1 is 1.18 bits per heavy atom. The van der Waals surface area contributed by atoms with Crippen LogP contribution in [0.5, 0.6) is 0 Å². The van der Waals surface area contributed by atoms with Gasteiger partial charge in [-0.25, -0.2) is 15.2 Å². The largest absolute Gasteiger partial charge is 0.378 e. The number of rotatable bonds is 9. The van der Waals surface area contributed by atoms with E-state index in [4.69, 9.17) is 24.2 Å². The van der Waals surface area contributed by atoms with Gasteiger partial charge in [-0.05, 0) is 74.3 Å². The van der Waals surface area contributed by atoms with E-state index in [-0.39, 0.29) is 43.1 Å². The van der Waals surface area contributed by atoms with Crippen molar-refractivity contribution in [1.29, 1.82) is 0 Å². The fourth-order valence-electron chi connectivity index (χ4n) is 8.96. The summed E-state index contributed by atoms with van der Waals surface area (Å²) in [6.45, 7) is 14.5. The molecule has 6 heterocycles. The lowest BCUT2D eigenvalue weighted by molar-refractivity contribution is -0.164. The highest BCUT2D eigenvalue weighted by molar-refractivity contribution is 7.10. The Morgan fingerprint density at radius 3 is 2.66 bits per heavy atom. The highest BCUT2D eigenvalue weighted by Crippen LogP contribution is 2.42. The third kappa shape index (κ3) is 9.20. The zero-order valence-electron chi connectivity index (χ0n) is 36.9. The number of carbonyl (C=O) groups is 3. The second kappa shape index (κ2) is 18.5. The molecule has 0 radical (unpaired) electrons. The molecule has 6 bridgehead atoms. The number of fused-ring (bicyclic) bond motifs is 6. The van der Waals surface area contributed by atoms with Crippen LogP contribution in [0.25, 0.3) is 33.4 Å². The summed E-state index contributed by atoms with van der Waals surface area (Å²) < 4.78 is 19.8. The average Bonchev–Trinajstić information content (AvgIpc) is 3.82. The number of thiazole rings is 1. The number of nitrogens with one attached hydrogen (secondary N) is 2. The van der Waals surface area contributed by atoms with E-state index in [1.54, 1.807) is 32.4 Å². The van der Waals surface area contributed by atoms with E-state index >= 15 is 0 Å². The predicted molar refractivity (Wildman–Crippen MR) is 234 cm³/mol. The molecule has 5 atom stereocenters. The summed E-state index contributed by atoms with van der Waals surface area (Å²) in [4.78, 5) is 55.3. The predicted octanol–water partition coefficient (Wildman–Crippen LogP) is 5.40. The number of aryl methyl sites for hydroxylation is 1. The number of carbonyl (C=O) groups excluding carboxylic acids is 3. The first-order chi connectivity index (χ1) is 29.1. The second-order valence-corrected chi connectivity index (χ2v) is 18.7. The van der Waals surface area contributed by atoms with Gasteiger partial charge in [0.05, 0.1) is 60.0 Å². The molecule has 330 valence electrons. The zero-order valence-corrected chi connectivity index (χ0v) is 37.8. The van der Waals surface area contributed by atoms with Crippen LogP contribution in [0.15, 0.2) is 41.9 Å². The van der Waals surface area contributed by atoms with Gasteiger partial charge in [-0.3, -0.25) is 19.6 Å². The number of likely N-dealkylation sites (N-methyl/N-ethyl adjacent to an activating group) is 1. The fourth-order valence-corrected chi connectivity index (χ4v) is 9.81. The van der Waals surface area contributed by atoms with E-state index in [0.29, 0.717) is 43.9 Å². The first-order valence-corrected chi connectivity index (χ1v) is 22.3. The fraction of sp³-hybridized carbons (Fsp3) is 0.578. The molecule has 2 fully saturated rings. The van der Waals surface area contributed by atoms with Crippen molar-refractivity contribution >= 4 is 40.1 Å². The van der Waals surface area contributed by atoms with Crippen LogP contribution in [-0.4, -0.2) is 130 Å². The van der Waals surface area contributed by atoms with Crippen LogP contribution < -0.4 is 10.7 Å². The topological polar surface area (TPSA) is 164 Å². The van der Waals surface area contributed by atoms with E-state index < -0.39 is 35.7 Å². The SMILES string of the molecule is CCn1c(-c2cccnc2[C@H](C)OC)c2c3cc(ccc31)-c1csc(n1)C[C@H](NC(=O)[C@H](C(C)C)N(C)C(=O)N1CC(OC)C1)C(=O)N1CCC[C@H](N1)[C@H](O)OCC(C)(C)C2. The normalized spacial score (nSPS) is 22.1. The summed E-state index contributed by atoms with van der Waals surface area (Å²) in [6.07, 6.45) is 2.29. The number of aliphatic hydroxyl groups is 1. The van der Waals surface area contributed by atoms with Crippen molar-refractivity contribution in [2.24, 2.45) is 11.3 Å². The average molecular weight is 859 g/mol. The number of methoxy groups -OCH3 is 2. The molecule has 3 aliphatic heterocycles. The summed E-state index contributed by atoms with van der Waals surface area (Å²) in [5.74, 6) is -1.04. The number of benzene rings is 1. The van der Waals surface area contributed by atoms with Gasteiger partial charge in [-0.15, -0.1) is 11.3 Å². The van der Waals surface area contributed by atoms with Crippen LogP contribution in [0.1, 0.15) is 76.8 Å². The maximum absolute atomic E-state index is 14.5. The quantitative estimate of drug-likeness (QED) is 0.199. The van der Waals surface area contributed by atoms with Crippen LogP contribution in [0.4, 0.5) is 4.79 Å². The lowest BCUT2D eigenvalue weighted by Gasteiger charge is -2.42. The Bertz CT molecular complexity index is 2220. The number of likely N-dealkylation sites (tertiary alicyclic amines) is 1. The smallest absolute Gasteiger partial charge is 0.320 e. The van der Waals surface area contributed by atoms with E-state index in [1.807, 2.05) is 32.2 Å². The number of pyridine rings is 1. The molecule has 1 aromatic carbocycles. The van der Waals surface area contributed by atoms with Gasteiger partial charge in [0.15, 0.2) is 6.29 Å². The third-order valence-electron chi connectivity index (χ3n) is 12.4. The van der Waals surface area contributed by atoms with Crippen molar-refractivity contribution in [3.8, 4) is 22.5 Å². The molecule has 3 N–H and O–H groups in total. The maximum Gasteiger partial charge on any atom is 0.320 e. The number of nitrogens with zero attached hydrogens (tertiary/aromatic N) is 6. The molecule has 16 heteroatoms. The van der Waals surface area contributed by atoms with Crippen LogP contribution in [0.2, 0.25) is 0 Å². The summed E-state index contributed by atoms with van der Waals surface area (Å²) in [5.41, 5.74) is 9.64. The van der Waals surface area contributed by atoms with Gasteiger partial charge in [-0.2, -0.15) is 0 Å². The summed E-state index contributed by atoms with van der Waals surface area (Å²) in [5, 5.41) is 19.8. The second-order valence-electron chi connectivity index (χ2n) is 17.8. The summed E-state index contributed by atoms with van der Waals surface area (Å²) >= 11 is 1.43.